The zero-order valence-corrected chi connectivity index (χ0v) is 22.9. The van der Waals surface area contributed by atoms with E-state index in [0.29, 0.717) is 46.7 Å². The average Bonchev–Trinajstić information content (AvgIpc) is 3.67. The molecule has 4 aromatic rings. The Labute approximate surface area is 239 Å². The Morgan fingerprint density at radius 1 is 1.10 bits per heavy atom. The van der Waals surface area contributed by atoms with Crippen LogP contribution in [0.15, 0.2) is 60.9 Å². The molecule has 0 bridgehead atoms. The van der Waals surface area contributed by atoms with Crippen LogP contribution in [0.5, 0.6) is 11.5 Å². The van der Waals surface area contributed by atoms with Crippen LogP contribution in [0.1, 0.15) is 66.8 Å². The first-order valence-corrected chi connectivity index (χ1v) is 13.5. The lowest BCUT2D eigenvalue weighted by Crippen LogP contribution is -2.18. The number of nitrogens with zero attached hydrogens (tertiary/aromatic N) is 3. The first-order chi connectivity index (χ1) is 19.9. The molecule has 6 rings (SSSR count). The fourth-order valence-electron chi connectivity index (χ4n) is 5.68. The number of benzene rings is 3. The SMILES string of the molecule is CC(C)(O)c1ncn(-c2ccc(-c3c(C(F)(F)F)ccc4c3CC[C@H]4Oc3ccc4c(c3)OC[C@H]4CC(=O)O)cc2)n1. The highest BCUT2D eigenvalue weighted by Crippen LogP contribution is 2.47. The van der Waals surface area contributed by atoms with E-state index in [1.165, 1.54) is 17.1 Å². The summed E-state index contributed by atoms with van der Waals surface area (Å²) in [6.07, 6.45) is -2.69. The first kappa shape index (κ1) is 27.8. The van der Waals surface area contributed by atoms with Crippen molar-refractivity contribution in [2.75, 3.05) is 6.61 Å². The van der Waals surface area contributed by atoms with Crippen molar-refractivity contribution in [1.82, 2.24) is 14.8 Å². The summed E-state index contributed by atoms with van der Waals surface area (Å²) in [5.41, 5.74) is 1.28. The van der Waals surface area contributed by atoms with Crippen LogP contribution in [0.3, 0.4) is 0 Å². The second-order valence-corrected chi connectivity index (χ2v) is 11.1. The number of fused-ring (bicyclic) bond motifs is 2. The molecular weight excluding hydrogens is 551 g/mol. The van der Waals surface area contributed by atoms with Crippen molar-refractivity contribution in [3.63, 3.8) is 0 Å². The third kappa shape index (κ3) is 5.20. The number of hydrogen-bond donors (Lipinski definition) is 2. The van der Waals surface area contributed by atoms with Gasteiger partial charge in [0.15, 0.2) is 5.82 Å². The molecule has 1 aromatic heterocycles. The largest absolute Gasteiger partial charge is 0.492 e. The van der Waals surface area contributed by atoms with Gasteiger partial charge in [0, 0.05) is 17.5 Å². The quantitative estimate of drug-likeness (QED) is 0.269. The number of carboxylic acid groups (broad SMARTS) is 1. The van der Waals surface area contributed by atoms with Crippen molar-refractivity contribution in [2.24, 2.45) is 0 Å². The van der Waals surface area contributed by atoms with Gasteiger partial charge in [-0.3, -0.25) is 4.79 Å². The number of carboxylic acids is 1. The third-order valence-electron chi connectivity index (χ3n) is 7.68. The molecule has 2 atom stereocenters. The number of aliphatic carboxylic acids is 1. The Bertz CT molecular complexity index is 1660. The average molecular weight is 580 g/mol. The number of rotatable bonds is 7. The van der Waals surface area contributed by atoms with Crippen molar-refractivity contribution >= 4 is 5.97 Å². The van der Waals surface area contributed by atoms with E-state index in [-0.39, 0.29) is 30.3 Å². The van der Waals surface area contributed by atoms with E-state index in [9.17, 15) is 23.1 Å². The molecule has 3 aromatic carbocycles. The van der Waals surface area contributed by atoms with E-state index >= 15 is 0 Å². The molecule has 2 N–H and O–H groups in total. The first-order valence-electron chi connectivity index (χ1n) is 13.5. The minimum absolute atomic E-state index is 0.0325. The lowest BCUT2D eigenvalue weighted by Gasteiger charge is -2.20. The fraction of sp³-hybridized carbons (Fsp3) is 0.323. The van der Waals surface area contributed by atoms with Crippen LogP contribution in [0, 0.1) is 0 Å². The monoisotopic (exact) mass is 579 g/mol. The molecule has 11 heteroatoms. The van der Waals surface area contributed by atoms with Crippen molar-refractivity contribution < 1.29 is 37.7 Å². The Kier molecular flexibility index (Phi) is 6.72. The number of aromatic nitrogens is 3. The maximum atomic E-state index is 14.2. The fourth-order valence-corrected chi connectivity index (χ4v) is 5.68. The molecule has 218 valence electrons. The van der Waals surface area contributed by atoms with Crippen molar-refractivity contribution in [1.29, 1.82) is 0 Å². The van der Waals surface area contributed by atoms with Crippen molar-refractivity contribution in [2.45, 2.75) is 56.9 Å². The number of hydrogen-bond acceptors (Lipinski definition) is 6. The predicted octanol–water partition coefficient (Wildman–Crippen LogP) is 6.20. The molecule has 1 aliphatic heterocycles. The molecule has 0 saturated carbocycles. The van der Waals surface area contributed by atoms with E-state index < -0.39 is 29.4 Å². The van der Waals surface area contributed by atoms with Crippen LogP contribution < -0.4 is 9.47 Å². The van der Waals surface area contributed by atoms with E-state index in [2.05, 4.69) is 10.1 Å². The van der Waals surface area contributed by atoms with Gasteiger partial charge in [0.25, 0.3) is 0 Å². The molecule has 1 aliphatic carbocycles. The van der Waals surface area contributed by atoms with Crippen LogP contribution in [0.4, 0.5) is 13.2 Å². The van der Waals surface area contributed by atoms with Gasteiger partial charge in [0.1, 0.15) is 29.5 Å². The molecule has 0 amide bonds. The lowest BCUT2D eigenvalue weighted by atomic mass is 9.91. The second kappa shape index (κ2) is 10.2. The summed E-state index contributed by atoms with van der Waals surface area (Å²) in [7, 11) is 0. The smallest absolute Gasteiger partial charge is 0.417 e. The van der Waals surface area contributed by atoms with Gasteiger partial charge in [-0.2, -0.15) is 13.2 Å². The Morgan fingerprint density at radius 3 is 2.50 bits per heavy atom. The summed E-state index contributed by atoms with van der Waals surface area (Å²) in [5, 5.41) is 23.6. The summed E-state index contributed by atoms with van der Waals surface area (Å²) in [4.78, 5) is 15.3. The predicted molar refractivity (Wildman–Crippen MR) is 146 cm³/mol. The Hall–Kier alpha value is -4.38. The molecule has 0 spiro atoms. The molecule has 2 heterocycles. The van der Waals surface area contributed by atoms with Gasteiger partial charge in [-0.05, 0) is 73.2 Å². The molecule has 42 heavy (non-hydrogen) atoms. The van der Waals surface area contributed by atoms with Gasteiger partial charge < -0.3 is 19.7 Å². The standard InChI is InChI=1S/C31H28F3N3O5/c1-30(2,40)29-35-16-37(36-29)19-5-3-17(4-6-19)28-23-10-12-25(22(23)9-11-24(28)31(32,33)34)42-20-7-8-21-18(13-27(38)39)15-41-26(21)14-20/h3-9,11,14,16,18,25,40H,10,12-13,15H2,1-2H3,(H,38,39)/t18-,25-/m1/s1. The highest BCUT2D eigenvalue weighted by Gasteiger charge is 2.38. The maximum Gasteiger partial charge on any atom is 0.417 e. The van der Waals surface area contributed by atoms with Crippen LogP contribution >= 0.6 is 0 Å². The second-order valence-electron chi connectivity index (χ2n) is 11.1. The molecule has 2 aliphatic rings. The lowest BCUT2D eigenvalue weighted by molar-refractivity contribution is -0.138. The summed E-state index contributed by atoms with van der Waals surface area (Å²) in [6, 6.07) is 14.5. The van der Waals surface area contributed by atoms with Crippen LogP contribution in [0.25, 0.3) is 16.8 Å². The number of alkyl halides is 3. The van der Waals surface area contributed by atoms with Gasteiger partial charge in [0.05, 0.1) is 24.3 Å². The number of halogens is 3. The van der Waals surface area contributed by atoms with Crippen molar-refractivity contribution in [3.05, 3.63) is 89.0 Å². The number of carbonyl (C=O) groups is 1. The van der Waals surface area contributed by atoms with Gasteiger partial charge in [0.2, 0.25) is 0 Å². The van der Waals surface area contributed by atoms with Gasteiger partial charge in [-0.25, -0.2) is 9.67 Å². The molecule has 0 saturated heterocycles. The summed E-state index contributed by atoms with van der Waals surface area (Å²) < 4.78 is 56.0. The summed E-state index contributed by atoms with van der Waals surface area (Å²) in [5.74, 6) is 0.162. The normalized spacial score (nSPS) is 18.0. The highest BCUT2D eigenvalue weighted by molar-refractivity contribution is 5.75. The molecule has 0 unspecified atom stereocenters. The maximum absolute atomic E-state index is 14.2. The van der Waals surface area contributed by atoms with E-state index in [0.717, 1.165) is 11.6 Å². The molecule has 8 nitrogen and oxygen atoms in total. The third-order valence-corrected chi connectivity index (χ3v) is 7.68. The molecular formula is C31H28F3N3O5. The van der Waals surface area contributed by atoms with Crippen LogP contribution in [-0.4, -0.2) is 37.6 Å². The van der Waals surface area contributed by atoms with Crippen molar-refractivity contribution in [3.8, 4) is 28.3 Å². The zero-order valence-electron chi connectivity index (χ0n) is 22.9. The molecule has 0 radical (unpaired) electrons. The Morgan fingerprint density at radius 2 is 1.83 bits per heavy atom. The number of ether oxygens (including phenoxy) is 2. The highest BCUT2D eigenvalue weighted by atomic mass is 19.4. The van der Waals surface area contributed by atoms with Gasteiger partial charge in [-0.1, -0.05) is 24.3 Å². The zero-order chi connectivity index (χ0) is 29.8. The van der Waals surface area contributed by atoms with Crippen LogP contribution in [0.2, 0.25) is 0 Å². The minimum Gasteiger partial charge on any atom is -0.492 e. The minimum atomic E-state index is -4.56. The van der Waals surface area contributed by atoms with Gasteiger partial charge in [-0.15, -0.1) is 5.10 Å². The molecule has 0 fully saturated rings. The topological polar surface area (TPSA) is 107 Å². The Balaban J connectivity index is 1.30. The van der Waals surface area contributed by atoms with E-state index in [1.54, 1.807) is 56.3 Å². The van der Waals surface area contributed by atoms with E-state index in [4.69, 9.17) is 14.6 Å². The summed E-state index contributed by atoms with van der Waals surface area (Å²) in [6.45, 7) is 3.41. The van der Waals surface area contributed by atoms with E-state index in [1.807, 2.05) is 0 Å². The van der Waals surface area contributed by atoms with Gasteiger partial charge >= 0.3 is 12.1 Å². The summed E-state index contributed by atoms with van der Waals surface area (Å²) >= 11 is 0. The van der Waals surface area contributed by atoms with Crippen LogP contribution in [-0.2, 0) is 23.0 Å². The number of aliphatic hydroxyl groups is 1.